The first kappa shape index (κ1) is 8.69. The van der Waals surface area contributed by atoms with Gasteiger partial charge >= 0.3 is 0 Å². The molecule has 9 heavy (non-hydrogen) atoms. The number of alkyl halides is 1. The van der Waals surface area contributed by atoms with Crippen LogP contribution in [0.25, 0.3) is 0 Å². The average Bonchev–Trinajstić information content (AvgIpc) is 1.57. The topological polar surface area (TPSA) is 49.9 Å². The van der Waals surface area contributed by atoms with Gasteiger partial charge in [-0.15, -0.1) is 12.4 Å². The second kappa shape index (κ2) is 3.01. The van der Waals surface area contributed by atoms with Crippen LogP contribution in [-0.4, -0.2) is 12.0 Å². The van der Waals surface area contributed by atoms with Crippen molar-refractivity contribution < 1.29 is 4.39 Å². The van der Waals surface area contributed by atoms with Gasteiger partial charge in [0.2, 0.25) is 0 Å². The quantitative estimate of drug-likeness (QED) is 0.429. The van der Waals surface area contributed by atoms with Crippen LogP contribution in [0.2, 0.25) is 0 Å². The minimum absolute atomic E-state index is 0. The summed E-state index contributed by atoms with van der Waals surface area (Å²) in [7, 11) is 0. The van der Waals surface area contributed by atoms with E-state index in [4.69, 9.17) is 11.1 Å². The Hall–Kier alpha value is -0.310. The first-order valence-corrected chi connectivity index (χ1v) is 2.68. The summed E-state index contributed by atoms with van der Waals surface area (Å²) in [6.45, 7) is 0. The maximum Gasteiger partial charge on any atom is 0.102 e. The Kier molecular flexibility index (Phi) is 2.91. The van der Waals surface area contributed by atoms with Crippen molar-refractivity contribution in [1.82, 2.24) is 0 Å². The van der Waals surface area contributed by atoms with Gasteiger partial charge < -0.3 is 5.73 Å². The predicted octanol–water partition coefficient (Wildman–Crippen LogP) is 1.09. The number of hydrogen-bond acceptors (Lipinski definition) is 1. The SMILES string of the molecule is Cl.N=C(N)C1CC(F)C1. The smallest absolute Gasteiger partial charge is 0.102 e. The van der Waals surface area contributed by atoms with Crippen molar-refractivity contribution in [2.75, 3.05) is 0 Å². The minimum Gasteiger partial charge on any atom is -0.387 e. The van der Waals surface area contributed by atoms with Gasteiger partial charge in [-0.25, -0.2) is 4.39 Å². The van der Waals surface area contributed by atoms with Crippen LogP contribution in [0.15, 0.2) is 0 Å². The van der Waals surface area contributed by atoms with Crippen molar-refractivity contribution in [1.29, 1.82) is 5.41 Å². The Bertz CT molecular complexity index is 112. The third-order valence-electron chi connectivity index (χ3n) is 1.52. The first-order chi connectivity index (χ1) is 3.70. The van der Waals surface area contributed by atoms with Crippen LogP contribution in [0.5, 0.6) is 0 Å². The van der Waals surface area contributed by atoms with E-state index < -0.39 is 6.17 Å². The first-order valence-electron chi connectivity index (χ1n) is 2.68. The third-order valence-corrected chi connectivity index (χ3v) is 1.52. The molecule has 1 aliphatic rings. The van der Waals surface area contributed by atoms with Gasteiger partial charge in [0.05, 0.1) is 5.84 Å². The monoisotopic (exact) mass is 152 g/mol. The molecule has 2 nitrogen and oxygen atoms in total. The maximum absolute atomic E-state index is 12.0. The molecule has 0 spiro atoms. The zero-order valence-corrected chi connectivity index (χ0v) is 5.75. The Morgan fingerprint density at radius 1 is 1.56 bits per heavy atom. The molecule has 0 radical (unpaired) electrons. The summed E-state index contributed by atoms with van der Waals surface area (Å²) in [6.07, 6.45) is 0.244. The van der Waals surface area contributed by atoms with Crippen molar-refractivity contribution in [3.8, 4) is 0 Å². The lowest BCUT2D eigenvalue weighted by atomic mass is 9.83. The van der Waals surface area contributed by atoms with Crippen molar-refractivity contribution in [3.05, 3.63) is 0 Å². The van der Waals surface area contributed by atoms with Crippen molar-refractivity contribution in [2.24, 2.45) is 11.7 Å². The van der Waals surface area contributed by atoms with Crippen LogP contribution < -0.4 is 5.73 Å². The van der Waals surface area contributed by atoms with E-state index in [-0.39, 0.29) is 24.2 Å². The molecule has 0 aromatic carbocycles. The lowest BCUT2D eigenvalue weighted by molar-refractivity contribution is 0.172. The fourth-order valence-electron chi connectivity index (χ4n) is 0.802. The molecule has 0 aliphatic heterocycles. The Labute approximate surface area is 59.5 Å². The molecule has 0 atom stereocenters. The molecular weight excluding hydrogens is 143 g/mol. The van der Waals surface area contributed by atoms with Crippen LogP contribution in [0.3, 0.4) is 0 Å². The summed E-state index contributed by atoms with van der Waals surface area (Å²) in [5.74, 6) is 0.184. The van der Waals surface area contributed by atoms with E-state index in [1.165, 1.54) is 0 Å². The zero-order valence-electron chi connectivity index (χ0n) is 4.93. The van der Waals surface area contributed by atoms with Gasteiger partial charge in [-0.1, -0.05) is 0 Å². The van der Waals surface area contributed by atoms with E-state index >= 15 is 0 Å². The summed E-state index contributed by atoms with van der Waals surface area (Å²) in [4.78, 5) is 0. The number of rotatable bonds is 1. The highest BCUT2D eigenvalue weighted by molar-refractivity contribution is 5.85. The van der Waals surface area contributed by atoms with Crippen LogP contribution in [0.4, 0.5) is 4.39 Å². The number of nitrogens with two attached hydrogens (primary N) is 1. The summed E-state index contributed by atoms with van der Waals surface area (Å²) < 4.78 is 12.0. The minimum atomic E-state index is -0.691. The van der Waals surface area contributed by atoms with Gasteiger partial charge in [-0.05, 0) is 12.8 Å². The lowest BCUT2D eigenvalue weighted by Crippen LogP contribution is -2.35. The maximum atomic E-state index is 12.0. The fraction of sp³-hybridized carbons (Fsp3) is 0.800. The van der Waals surface area contributed by atoms with E-state index in [1.54, 1.807) is 0 Å². The van der Waals surface area contributed by atoms with Crippen LogP contribution in [0, 0.1) is 11.3 Å². The number of nitrogens with one attached hydrogen (secondary N) is 1. The van der Waals surface area contributed by atoms with E-state index in [2.05, 4.69) is 0 Å². The van der Waals surface area contributed by atoms with Gasteiger partial charge in [-0.3, -0.25) is 5.41 Å². The molecule has 0 amide bonds. The molecule has 54 valence electrons. The summed E-state index contributed by atoms with van der Waals surface area (Å²) in [5, 5.41) is 6.85. The van der Waals surface area contributed by atoms with Crippen LogP contribution in [0.1, 0.15) is 12.8 Å². The van der Waals surface area contributed by atoms with E-state index in [1.807, 2.05) is 0 Å². The van der Waals surface area contributed by atoms with Gasteiger partial charge in [-0.2, -0.15) is 0 Å². The van der Waals surface area contributed by atoms with Gasteiger partial charge in [0.1, 0.15) is 6.17 Å². The molecule has 1 saturated carbocycles. The second-order valence-electron chi connectivity index (χ2n) is 2.22. The van der Waals surface area contributed by atoms with Crippen LogP contribution in [-0.2, 0) is 0 Å². The van der Waals surface area contributed by atoms with Crippen LogP contribution >= 0.6 is 12.4 Å². The zero-order chi connectivity index (χ0) is 6.15. The second-order valence-corrected chi connectivity index (χ2v) is 2.22. The van der Waals surface area contributed by atoms with Gasteiger partial charge in [0.25, 0.3) is 0 Å². The number of hydrogen-bond donors (Lipinski definition) is 2. The standard InChI is InChI=1S/C5H9FN2.ClH/c6-4-1-3(2-4)5(7)8;/h3-4H,1-2H2,(H3,7,8);1H. The molecule has 1 rings (SSSR count). The number of amidine groups is 1. The molecule has 4 heteroatoms. The normalized spacial score (nSPS) is 32.1. The number of halogens is 2. The van der Waals surface area contributed by atoms with Crippen molar-refractivity contribution in [2.45, 2.75) is 19.0 Å². The van der Waals surface area contributed by atoms with Crippen molar-refractivity contribution in [3.63, 3.8) is 0 Å². The molecule has 0 unspecified atom stereocenters. The van der Waals surface area contributed by atoms with E-state index in [0.717, 1.165) is 0 Å². The molecule has 3 N–H and O–H groups in total. The molecule has 0 saturated heterocycles. The predicted molar refractivity (Wildman–Crippen MR) is 36.8 cm³/mol. The summed E-state index contributed by atoms with van der Waals surface area (Å²) in [6, 6.07) is 0. The Balaban J connectivity index is 0.000000640. The van der Waals surface area contributed by atoms with Crippen molar-refractivity contribution >= 4 is 18.2 Å². The highest BCUT2D eigenvalue weighted by Crippen LogP contribution is 2.29. The summed E-state index contributed by atoms with van der Waals surface area (Å²) >= 11 is 0. The van der Waals surface area contributed by atoms with Gasteiger partial charge in [0.15, 0.2) is 0 Å². The molecule has 1 fully saturated rings. The highest BCUT2D eigenvalue weighted by Gasteiger charge is 2.30. The largest absolute Gasteiger partial charge is 0.387 e. The van der Waals surface area contributed by atoms with E-state index in [9.17, 15) is 4.39 Å². The Morgan fingerprint density at radius 2 is 2.00 bits per heavy atom. The van der Waals surface area contributed by atoms with E-state index in [0.29, 0.717) is 12.8 Å². The lowest BCUT2D eigenvalue weighted by Gasteiger charge is -2.27. The molecule has 0 aromatic heterocycles. The molecule has 0 aromatic rings. The molecule has 0 bridgehead atoms. The molecular formula is C5H10ClFN2. The molecule has 0 heterocycles. The highest BCUT2D eigenvalue weighted by atomic mass is 35.5. The Morgan fingerprint density at radius 3 is 2.11 bits per heavy atom. The summed E-state index contributed by atoms with van der Waals surface area (Å²) in [5.41, 5.74) is 5.08. The van der Waals surface area contributed by atoms with Gasteiger partial charge in [0, 0.05) is 5.92 Å². The fourth-order valence-corrected chi connectivity index (χ4v) is 0.802. The average molecular weight is 153 g/mol. The third kappa shape index (κ3) is 1.82. The molecule has 1 aliphatic carbocycles.